The lowest BCUT2D eigenvalue weighted by Crippen LogP contribution is -2.42. The Morgan fingerprint density at radius 1 is 1.14 bits per heavy atom. The molecule has 36 heavy (non-hydrogen) atoms. The number of fused-ring (bicyclic) bond motifs is 1. The van der Waals surface area contributed by atoms with Crippen molar-refractivity contribution < 1.29 is 24.5 Å². The molecule has 0 bridgehead atoms. The molecule has 0 unspecified atom stereocenters. The smallest absolute Gasteiger partial charge is 0.326 e. The van der Waals surface area contributed by atoms with E-state index in [9.17, 15) is 19.8 Å². The minimum atomic E-state index is -1.15. The molecule has 0 radical (unpaired) electrons. The molecule has 4 rings (SSSR count). The Morgan fingerprint density at radius 2 is 1.94 bits per heavy atom. The van der Waals surface area contributed by atoms with Crippen LogP contribution in [-0.2, 0) is 24.1 Å². The maximum atomic E-state index is 12.4. The third-order valence-corrected chi connectivity index (χ3v) is 6.05. The number of carbonyl (C=O) groups is 2. The maximum absolute atomic E-state index is 12.4. The largest absolute Gasteiger partial charge is 0.506 e. The number of rotatable bonds is 10. The molecule has 0 saturated carbocycles. The van der Waals surface area contributed by atoms with Crippen LogP contribution in [0.15, 0.2) is 54.6 Å². The molecule has 1 atom stereocenters. The first-order chi connectivity index (χ1) is 17.4. The summed E-state index contributed by atoms with van der Waals surface area (Å²) in [4.78, 5) is 28.9. The summed E-state index contributed by atoms with van der Waals surface area (Å²) < 4.78 is 5.83. The Morgan fingerprint density at radius 3 is 2.69 bits per heavy atom. The van der Waals surface area contributed by atoms with Crippen molar-refractivity contribution in [3.05, 3.63) is 77.0 Å². The number of aliphatic carboxylic acids is 1. The molecule has 0 saturated heterocycles. The van der Waals surface area contributed by atoms with Gasteiger partial charge in [-0.2, -0.15) is 0 Å². The fourth-order valence-corrected chi connectivity index (χ4v) is 4.05. The zero-order valence-corrected chi connectivity index (χ0v) is 19.9. The second-order valence-corrected chi connectivity index (χ2v) is 8.78. The second-order valence-electron chi connectivity index (χ2n) is 8.78. The number of benzene rings is 2. The fourth-order valence-electron chi connectivity index (χ4n) is 4.05. The van der Waals surface area contributed by atoms with Gasteiger partial charge in [0.25, 0.3) is 5.91 Å². The molecule has 2 aromatic carbocycles. The number of pyridine rings is 1. The molecule has 6 N–H and O–H groups in total. The van der Waals surface area contributed by atoms with Crippen LogP contribution < -0.4 is 21.1 Å². The quantitative estimate of drug-likeness (QED) is 0.165. The van der Waals surface area contributed by atoms with Gasteiger partial charge >= 0.3 is 5.97 Å². The van der Waals surface area contributed by atoms with Gasteiger partial charge in [-0.15, -0.1) is 0 Å². The van der Waals surface area contributed by atoms with Crippen LogP contribution in [0.5, 0.6) is 11.5 Å². The number of phenolic OH excluding ortho intramolecular Hbond substituents is 1. The van der Waals surface area contributed by atoms with Crippen molar-refractivity contribution >= 4 is 23.4 Å². The zero-order chi connectivity index (χ0) is 25.5. The lowest BCUT2D eigenvalue weighted by atomic mass is 10.0. The number of hydrogen-bond donors (Lipinski definition) is 5. The minimum absolute atomic E-state index is 0.0427. The normalized spacial score (nSPS) is 13.2. The fraction of sp³-hybridized carbons (Fsp3) is 0.296. The molecule has 188 valence electrons. The predicted octanol–water partition coefficient (Wildman–Crippen LogP) is 3.16. The highest BCUT2D eigenvalue weighted by atomic mass is 16.5. The number of ether oxygens (including phenoxy) is 1. The lowest BCUT2D eigenvalue weighted by molar-refractivity contribution is -0.139. The number of amides is 1. The Bertz CT molecular complexity index is 1230. The Balaban J connectivity index is 1.26. The number of nitrogens with one attached hydrogen (secondary N) is 2. The van der Waals surface area contributed by atoms with Gasteiger partial charge in [0.2, 0.25) is 0 Å². The van der Waals surface area contributed by atoms with E-state index in [1.165, 1.54) is 23.8 Å². The molecule has 2 heterocycles. The topological polar surface area (TPSA) is 147 Å². The number of carboxylic acid groups (broad SMARTS) is 1. The minimum Gasteiger partial charge on any atom is -0.506 e. The highest BCUT2D eigenvalue weighted by molar-refractivity contribution is 5.97. The highest BCUT2D eigenvalue weighted by Gasteiger charge is 2.21. The van der Waals surface area contributed by atoms with E-state index < -0.39 is 17.9 Å². The molecule has 1 aliphatic heterocycles. The summed E-state index contributed by atoms with van der Waals surface area (Å²) in [6.45, 7) is 1.50. The van der Waals surface area contributed by atoms with Crippen LogP contribution in [0.25, 0.3) is 0 Å². The first-order valence-corrected chi connectivity index (χ1v) is 12.0. The second kappa shape index (κ2) is 11.4. The number of nitrogen functional groups attached to an aromatic ring is 1. The molecule has 1 aromatic heterocycles. The number of hydrogen-bond acceptors (Lipinski definition) is 7. The number of nitrogens with zero attached hydrogens (tertiary/aromatic N) is 1. The van der Waals surface area contributed by atoms with Crippen LogP contribution in [0, 0.1) is 0 Å². The third kappa shape index (κ3) is 6.44. The first-order valence-electron chi connectivity index (χ1n) is 12.0. The highest BCUT2D eigenvalue weighted by Crippen LogP contribution is 2.22. The summed E-state index contributed by atoms with van der Waals surface area (Å²) in [5.41, 5.74) is 8.89. The molecule has 3 aromatic rings. The SMILES string of the molecule is Nc1cc(C(=O)N[C@@H](Cc2ccc(OCCCc3ccc4c(n3)NCCC4)cc2)C(=O)O)ccc1O. The van der Waals surface area contributed by atoms with Crippen LogP contribution in [0.2, 0.25) is 0 Å². The Labute approximate surface area is 209 Å². The molecular weight excluding hydrogens is 460 g/mol. The summed E-state index contributed by atoms with van der Waals surface area (Å²) in [7, 11) is 0. The van der Waals surface area contributed by atoms with E-state index in [1.54, 1.807) is 24.3 Å². The van der Waals surface area contributed by atoms with Crippen LogP contribution in [0.3, 0.4) is 0 Å². The van der Waals surface area contributed by atoms with Crippen LogP contribution in [0.4, 0.5) is 11.5 Å². The number of nitrogens with two attached hydrogens (primary N) is 1. The van der Waals surface area contributed by atoms with Crippen LogP contribution >= 0.6 is 0 Å². The molecule has 9 heteroatoms. The maximum Gasteiger partial charge on any atom is 0.326 e. The van der Waals surface area contributed by atoms with Gasteiger partial charge in [-0.3, -0.25) is 4.79 Å². The molecule has 0 fully saturated rings. The van der Waals surface area contributed by atoms with E-state index in [2.05, 4.69) is 22.8 Å². The van der Waals surface area contributed by atoms with E-state index in [0.29, 0.717) is 12.4 Å². The van der Waals surface area contributed by atoms with Gasteiger partial charge in [-0.25, -0.2) is 9.78 Å². The summed E-state index contributed by atoms with van der Waals surface area (Å²) in [5, 5.41) is 24.9. The number of phenols is 1. The van der Waals surface area contributed by atoms with E-state index in [1.807, 2.05) is 0 Å². The molecule has 9 nitrogen and oxygen atoms in total. The van der Waals surface area contributed by atoms with Gasteiger partial charge in [-0.05, 0) is 73.2 Å². The van der Waals surface area contributed by atoms with Crippen molar-refractivity contribution in [2.75, 3.05) is 24.2 Å². The zero-order valence-electron chi connectivity index (χ0n) is 19.9. The van der Waals surface area contributed by atoms with E-state index in [4.69, 9.17) is 15.5 Å². The average Bonchev–Trinajstić information content (AvgIpc) is 2.88. The molecule has 0 spiro atoms. The first kappa shape index (κ1) is 24.8. The van der Waals surface area contributed by atoms with Crippen LogP contribution in [-0.4, -0.2) is 46.3 Å². The van der Waals surface area contributed by atoms with Crippen LogP contribution in [0.1, 0.15) is 40.0 Å². The molecule has 1 aliphatic rings. The van der Waals surface area contributed by atoms with Crippen molar-refractivity contribution in [2.45, 2.75) is 38.1 Å². The Hall–Kier alpha value is -4.27. The van der Waals surface area contributed by atoms with Crippen molar-refractivity contribution in [2.24, 2.45) is 0 Å². The van der Waals surface area contributed by atoms with Crippen molar-refractivity contribution in [1.82, 2.24) is 10.3 Å². The van der Waals surface area contributed by atoms with Crippen molar-refractivity contribution in [3.63, 3.8) is 0 Å². The summed E-state index contributed by atoms with van der Waals surface area (Å²) in [6, 6.07) is 14.2. The number of aryl methyl sites for hydroxylation is 2. The number of aromatic nitrogens is 1. The number of carbonyl (C=O) groups excluding carboxylic acids is 1. The standard InChI is InChI=1S/C27H30N4O5/c28-22-16-19(8-12-24(22)32)26(33)31-23(27(34)35)15-17-5-10-21(11-6-17)36-14-2-4-20-9-7-18-3-1-13-29-25(18)30-20/h5-12,16,23,32H,1-4,13-15,28H2,(H,29,30)(H,31,33)(H,34,35)/t23-/m0/s1. The molecule has 1 amide bonds. The van der Waals surface area contributed by atoms with E-state index in [-0.39, 0.29) is 23.4 Å². The van der Waals surface area contributed by atoms with Crippen molar-refractivity contribution in [3.8, 4) is 11.5 Å². The van der Waals surface area contributed by atoms with Crippen molar-refractivity contribution in [1.29, 1.82) is 0 Å². The van der Waals surface area contributed by atoms with Gasteiger partial charge in [-0.1, -0.05) is 18.2 Å². The monoisotopic (exact) mass is 490 g/mol. The van der Waals surface area contributed by atoms with Gasteiger partial charge in [0.15, 0.2) is 0 Å². The number of aromatic hydroxyl groups is 1. The third-order valence-electron chi connectivity index (χ3n) is 6.05. The summed E-state index contributed by atoms with van der Waals surface area (Å²) in [5.74, 6) is -0.191. The van der Waals surface area contributed by atoms with E-state index in [0.717, 1.165) is 49.3 Å². The van der Waals surface area contributed by atoms with Gasteiger partial charge in [0.05, 0.1) is 12.3 Å². The Kier molecular flexibility index (Phi) is 7.89. The molecular formula is C27H30N4O5. The number of anilines is 2. The van der Waals surface area contributed by atoms with E-state index >= 15 is 0 Å². The summed E-state index contributed by atoms with van der Waals surface area (Å²) in [6.07, 6.45) is 3.96. The number of carboxylic acids is 1. The predicted molar refractivity (Wildman–Crippen MR) is 136 cm³/mol. The van der Waals surface area contributed by atoms with Gasteiger partial charge in [0.1, 0.15) is 23.4 Å². The van der Waals surface area contributed by atoms with Gasteiger partial charge in [0, 0.05) is 24.2 Å². The summed E-state index contributed by atoms with van der Waals surface area (Å²) >= 11 is 0. The molecule has 0 aliphatic carbocycles. The van der Waals surface area contributed by atoms with Gasteiger partial charge < -0.3 is 31.3 Å². The average molecular weight is 491 g/mol. The lowest BCUT2D eigenvalue weighted by Gasteiger charge is -2.17.